The van der Waals surface area contributed by atoms with Gasteiger partial charge in [-0.3, -0.25) is 4.79 Å². The fraction of sp³-hybridized carbons (Fsp3) is 0.571. The quantitative estimate of drug-likeness (QED) is 0.524. The topological polar surface area (TPSA) is 56.1 Å². The van der Waals surface area contributed by atoms with E-state index in [0.717, 1.165) is 39.0 Å². The molecule has 0 radical (unpaired) electrons. The van der Waals surface area contributed by atoms with Gasteiger partial charge in [-0.1, -0.05) is 19.4 Å². The molecular formula is C14H22BrN3O2. The first kappa shape index (κ1) is 16.9. The van der Waals surface area contributed by atoms with E-state index in [-0.39, 0.29) is 5.56 Å². The fourth-order valence-corrected chi connectivity index (χ4v) is 2.03. The molecule has 0 amide bonds. The number of halogens is 1. The summed E-state index contributed by atoms with van der Waals surface area (Å²) in [7, 11) is 0. The van der Waals surface area contributed by atoms with Crippen LogP contribution in [-0.4, -0.2) is 29.5 Å². The van der Waals surface area contributed by atoms with Crippen LogP contribution in [0.25, 0.3) is 0 Å². The fourth-order valence-electron chi connectivity index (χ4n) is 1.59. The van der Waals surface area contributed by atoms with E-state index in [4.69, 9.17) is 4.74 Å². The lowest BCUT2D eigenvalue weighted by molar-refractivity contribution is 0.131. The van der Waals surface area contributed by atoms with Gasteiger partial charge in [-0.2, -0.15) is 5.10 Å². The van der Waals surface area contributed by atoms with Gasteiger partial charge in [0.25, 0.3) is 5.56 Å². The van der Waals surface area contributed by atoms with Crippen molar-refractivity contribution in [1.82, 2.24) is 9.78 Å². The average molecular weight is 344 g/mol. The minimum atomic E-state index is -0.158. The maximum absolute atomic E-state index is 11.9. The maximum Gasteiger partial charge on any atom is 0.283 e. The molecule has 0 unspecified atom stereocenters. The SMILES string of the molecule is C=CCn1ncc(NCCCOCCCC)c(Br)c1=O. The van der Waals surface area contributed by atoms with Gasteiger partial charge in [0.15, 0.2) is 0 Å². The molecule has 1 heterocycles. The van der Waals surface area contributed by atoms with Crippen molar-refractivity contribution in [2.24, 2.45) is 0 Å². The van der Waals surface area contributed by atoms with Crippen LogP contribution >= 0.6 is 15.9 Å². The second kappa shape index (κ2) is 9.72. The summed E-state index contributed by atoms with van der Waals surface area (Å²) in [5.41, 5.74) is 0.554. The number of anilines is 1. The Labute approximate surface area is 128 Å². The molecule has 1 N–H and O–H groups in total. The molecular weight excluding hydrogens is 322 g/mol. The van der Waals surface area contributed by atoms with Crippen molar-refractivity contribution >= 4 is 21.6 Å². The zero-order valence-corrected chi connectivity index (χ0v) is 13.5. The minimum absolute atomic E-state index is 0.158. The molecule has 5 nitrogen and oxygen atoms in total. The summed E-state index contributed by atoms with van der Waals surface area (Å²) in [6.07, 6.45) is 6.43. The van der Waals surface area contributed by atoms with Gasteiger partial charge in [-0.05, 0) is 28.8 Å². The molecule has 0 aliphatic heterocycles. The highest BCUT2D eigenvalue weighted by molar-refractivity contribution is 9.10. The van der Waals surface area contributed by atoms with E-state index < -0.39 is 0 Å². The summed E-state index contributed by atoms with van der Waals surface area (Å²) in [6, 6.07) is 0. The molecule has 20 heavy (non-hydrogen) atoms. The Morgan fingerprint density at radius 3 is 2.95 bits per heavy atom. The number of rotatable bonds is 10. The largest absolute Gasteiger partial charge is 0.383 e. The highest BCUT2D eigenvalue weighted by Gasteiger charge is 2.07. The molecule has 0 saturated carbocycles. The Balaban J connectivity index is 2.39. The van der Waals surface area contributed by atoms with E-state index in [2.05, 4.69) is 39.8 Å². The van der Waals surface area contributed by atoms with Crippen LogP contribution in [0.3, 0.4) is 0 Å². The Hall–Kier alpha value is -1.14. The Morgan fingerprint density at radius 2 is 2.25 bits per heavy atom. The molecule has 1 aromatic rings. The molecule has 6 heteroatoms. The molecule has 112 valence electrons. The Morgan fingerprint density at radius 1 is 1.50 bits per heavy atom. The molecule has 0 fully saturated rings. The Bertz CT molecular complexity index is 474. The minimum Gasteiger partial charge on any atom is -0.383 e. The highest BCUT2D eigenvalue weighted by Crippen LogP contribution is 2.15. The predicted molar refractivity (Wildman–Crippen MR) is 85.2 cm³/mol. The number of unbranched alkanes of at least 4 members (excludes halogenated alkanes) is 1. The summed E-state index contributed by atoms with van der Waals surface area (Å²) >= 11 is 3.30. The van der Waals surface area contributed by atoms with Crippen molar-refractivity contribution in [3.63, 3.8) is 0 Å². The molecule has 0 spiro atoms. The summed E-state index contributed by atoms with van der Waals surface area (Å²) in [6.45, 7) is 8.44. The van der Waals surface area contributed by atoms with E-state index in [9.17, 15) is 4.79 Å². The number of nitrogens with zero attached hydrogens (tertiary/aromatic N) is 2. The normalized spacial score (nSPS) is 10.5. The summed E-state index contributed by atoms with van der Waals surface area (Å²) < 4.78 is 7.33. The molecule has 1 aromatic heterocycles. The van der Waals surface area contributed by atoms with Crippen LogP contribution in [0.15, 0.2) is 28.1 Å². The lowest BCUT2D eigenvalue weighted by atomic mass is 10.3. The van der Waals surface area contributed by atoms with Crippen molar-refractivity contribution in [2.45, 2.75) is 32.7 Å². The van der Waals surface area contributed by atoms with E-state index in [1.165, 1.54) is 4.68 Å². The number of hydrogen-bond donors (Lipinski definition) is 1. The molecule has 0 aromatic carbocycles. The zero-order chi connectivity index (χ0) is 14.8. The third kappa shape index (κ3) is 5.46. The van der Waals surface area contributed by atoms with Crippen LogP contribution in [0.1, 0.15) is 26.2 Å². The lowest BCUT2D eigenvalue weighted by Crippen LogP contribution is -2.24. The summed E-state index contributed by atoms with van der Waals surface area (Å²) in [5, 5.41) is 7.26. The first-order chi connectivity index (χ1) is 9.70. The van der Waals surface area contributed by atoms with E-state index >= 15 is 0 Å². The zero-order valence-electron chi connectivity index (χ0n) is 11.9. The first-order valence-corrected chi connectivity index (χ1v) is 7.68. The molecule has 0 atom stereocenters. The van der Waals surface area contributed by atoms with Crippen LogP contribution in [0.2, 0.25) is 0 Å². The van der Waals surface area contributed by atoms with Gasteiger partial charge < -0.3 is 10.1 Å². The number of nitrogens with one attached hydrogen (secondary N) is 1. The monoisotopic (exact) mass is 343 g/mol. The van der Waals surface area contributed by atoms with Crippen LogP contribution < -0.4 is 10.9 Å². The second-order valence-electron chi connectivity index (χ2n) is 4.39. The van der Waals surface area contributed by atoms with Gasteiger partial charge in [0.2, 0.25) is 0 Å². The van der Waals surface area contributed by atoms with Crippen LogP contribution in [0.5, 0.6) is 0 Å². The average Bonchev–Trinajstić information content (AvgIpc) is 2.45. The maximum atomic E-state index is 11.9. The van der Waals surface area contributed by atoms with Gasteiger partial charge in [0.05, 0.1) is 18.4 Å². The first-order valence-electron chi connectivity index (χ1n) is 6.88. The van der Waals surface area contributed by atoms with Crippen LogP contribution in [0, 0.1) is 0 Å². The number of hydrogen-bond acceptors (Lipinski definition) is 4. The smallest absolute Gasteiger partial charge is 0.283 e. The lowest BCUT2D eigenvalue weighted by Gasteiger charge is -2.09. The molecule has 0 aliphatic rings. The van der Waals surface area contributed by atoms with Gasteiger partial charge in [-0.25, -0.2) is 4.68 Å². The van der Waals surface area contributed by atoms with E-state index in [1.807, 2.05) is 0 Å². The van der Waals surface area contributed by atoms with Crippen molar-refractivity contribution in [3.05, 3.63) is 33.7 Å². The Kier molecular flexibility index (Phi) is 8.22. The second-order valence-corrected chi connectivity index (χ2v) is 5.19. The standard InChI is InChI=1S/C14H22BrN3O2/c1-3-5-9-20-10-6-7-16-12-11-17-18(8-4-2)14(19)13(12)15/h4,11,16H,2-3,5-10H2,1H3. The molecule has 1 rings (SSSR count). The summed E-state index contributed by atoms with van der Waals surface area (Å²) in [5.74, 6) is 0. The van der Waals surface area contributed by atoms with Crippen molar-refractivity contribution in [2.75, 3.05) is 25.1 Å². The van der Waals surface area contributed by atoms with Crippen molar-refractivity contribution in [3.8, 4) is 0 Å². The van der Waals surface area contributed by atoms with E-state index in [0.29, 0.717) is 16.7 Å². The molecule has 0 aliphatic carbocycles. The third-order valence-electron chi connectivity index (χ3n) is 2.71. The number of aromatic nitrogens is 2. The third-order valence-corrected chi connectivity index (χ3v) is 3.48. The van der Waals surface area contributed by atoms with Gasteiger partial charge in [0, 0.05) is 19.8 Å². The predicted octanol–water partition coefficient (Wildman–Crippen LogP) is 2.81. The summed E-state index contributed by atoms with van der Waals surface area (Å²) in [4.78, 5) is 11.9. The van der Waals surface area contributed by atoms with Crippen LogP contribution in [0.4, 0.5) is 5.69 Å². The van der Waals surface area contributed by atoms with Gasteiger partial charge >= 0.3 is 0 Å². The number of ether oxygens (including phenoxy) is 1. The van der Waals surface area contributed by atoms with Crippen molar-refractivity contribution in [1.29, 1.82) is 0 Å². The van der Waals surface area contributed by atoms with Gasteiger partial charge in [-0.15, -0.1) is 6.58 Å². The molecule has 0 bridgehead atoms. The molecule has 0 saturated heterocycles. The highest BCUT2D eigenvalue weighted by atomic mass is 79.9. The number of allylic oxidation sites excluding steroid dienone is 1. The van der Waals surface area contributed by atoms with Gasteiger partial charge in [0.1, 0.15) is 4.47 Å². The van der Waals surface area contributed by atoms with Crippen molar-refractivity contribution < 1.29 is 4.74 Å². The van der Waals surface area contributed by atoms with E-state index in [1.54, 1.807) is 12.3 Å². The van der Waals surface area contributed by atoms with Crippen LogP contribution in [-0.2, 0) is 11.3 Å².